The molecule has 2 aromatic heterocycles. The van der Waals surface area contributed by atoms with E-state index in [2.05, 4.69) is 108 Å². The molecule has 1 saturated heterocycles. The Morgan fingerprint density at radius 2 is 1.32 bits per heavy atom. The summed E-state index contributed by atoms with van der Waals surface area (Å²) in [7, 11) is 15.4. The average molecular weight is 1160 g/mol. The number of amides is 1. The number of anilines is 1. The predicted molar refractivity (Wildman–Crippen MR) is 307 cm³/mol. The van der Waals surface area contributed by atoms with Crippen LogP contribution in [0.1, 0.15) is 59.6 Å². The third-order valence-corrected chi connectivity index (χ3v) is 35.8. The molecule has 6 aromatic rings. The predicted octanol–water partition coefficient (Wildman–Crippen LogP) is 8.02. The molecule has 68 heavy (non-hydrogen) atoms. The number of methoxy groups -OCH3 is 1. The fourth-order valence-electron chi connectivity index (χ4n) is 6.96. The van der Waals surface area contributed by atoms with Gasteiger partial charge in [-0.2, -0.15) is 0 Å². The number of aliphatic hydroxyl groups is 1. The Balaban J connectivity index is 0.000000559. The molecule has 3 heterocycles. The zero-order valence-electron chi connectivity index (χ0n) is 37.7. The lowest BCUT2D eigenvalue weighted by molar-refractivity contribution is -0.0940. The summed E-state index contributed by atoms with van der Waals surface area (Å²) in [5.74, 6) is 0.659. The molecule has 2 unspecified atom stereocenters. The molecule has 24 heteroatoms. The van der Waals surface area contributed by atoms with E-state index in [9.17, 15) is 9.90 Å². The van der Waals surface area contributed by atoms with Gasteiger partial charge in [0.2, 0.25) is 0 Å². The lowest BCUT2D eigenvalue weighted by Gasteiger charge is -2.40. The van der Waals surface area contributed by atoms with Crippen molar-refractivity contribution in [1.29, 1.82) is 0 Å². The molecule has 2 N–H and O–H groups in total. The number of benzene rings is 4. The van der Waals surface area contributed by atoms with E-state index in [0.29, 0.717) is 16.7 Å². The second-order valence-electron chi connectivity index (χ2n) is 16.4. The van der Waals surface area contributed by atoms with Crippen molar-refractivity contribution < 1.29 is 28.5 Å². The quantitative estimate of drug-likeness (QED) is 0.0914. The zero-order valence-corrected chi connectivity index (χ0v) is 48.5. The summed E-state index contributed by atoms with van der Waals surface area (Å²) in [5, 5.41) is 15.0. The van der Waals surface area contributed by atoms with E-state index in [1.165, 1.54) is 24.1 Å². The van der Waals surface area contributed by atoms with E-state index >= 15 is 0 Å². The first-order valence-corrected chi connectivity index (χ1v) is 38.2. The second-order valence-corrected chi connectivity index (χ2v) is 38.8. The lowest BCUT2D eigenvalue weighted by atomic mass is 9.79. The van der Waals surface area contributed by atoms with Crippen molar-refractivity contribution in [2.75, 3.05) is 19.0 Å². The smallest absolute Gasteiger partial charge is 0.256 e. The van der Waals surface area contributed by atoms with Gasteiger partial charge in [0.25, 0.3) is 5.91 Å². The average Bonchev–Trinajstić information content (AvgIpc) is 3.91. The summed E-state index contributed by atoms with van der Waals surface area (Å²) in [5.41, 5.74) is 4.03. The molecule has 0 aliphatic carbocycles. The van der Waals surface area contributed by atoms with Crippen molar-refractivity contribution in [3.8, 4) is 5.75 Å². The highest BCUT2D eigenvalue weighted by molar-refractivity contribution is 8.75. The Hall–Kier alpha value is -2.60. The fraction of sp³-hybridized carbons (Fsp3) is 0.318. The maximum atomic E-state index is 13.1. The molecule has 0 radical (unpaired) electrons. The van der Waals surface area contributed by atoms with Crippen molar-refractivity contribution in [2.45, 2.75) is 76.0 Å². The number of aliphatic hydroxyl groups excluding tert-OH is 1. The molecule has 1 fully saturated rings. The van der Waals surface area contributed by atoms with Crippen LogP contribution in [0.4, 0.5) is 5.82 Å². The highest BCUT2D eigenvalue weighted by atomic mass is 33.4. The molecule has 7 rings (SSSR count). The third-order valence-electron chi connectivity index (χ3n) is 11.3. The van der Waals surface area contributed by atoms with Gasteiger partial charge in [-0.15, -0.1) is 0 Å². The standard InChI is InChI=1S/C44H49N5O6Si.S12/c1-29-18-20-32(21-19-29)44(31-16-12-9-13-17-31,33-22-24-34(52-5)25-23-33)53-26-35-37(50)38(55-56(6,7)43(2,3)4)42(54-35)49-28-47-36-39(45-27-46-40(36)49)48-41(51)30-14-10-8-11-15-30;1-3-5-7-9-11-12-10-8-6-4-2/h8-25,27-28,35,37-38,42,50H,26H2,1-7H3,(H,45,46,48,51);/t35-,37?,38+,42-,44?;/m1./s1. The summed E-state index contributed by atoms with van der Waals surface area (Å²) in [6, 6.07) is 35.1. The molecule has 4 aromatic carbocycles. The summed E-state index contributed by atoms with van der Waals surface area (Å²) in [6.45, 7) is 12.8. The van der Waals surface area contributed by atoms with Crippen LogP contribution in [0.3, 0.4) is 0 Å². The molecule has 5 atom stereocenters. The number of rotatable bonds is 12. The molecule has 0 spiro atoms. The van der Waals surface area contributed by atoms with Gasteiger partial charge in [-0.05, 0) is 66.0 Å². The SMILES string of the molecule is COc1ccc(C(OC[C@H]2O[C@@H](n3cnc4c(NC(=O)c5ccccc5)ncnc43)[C@@H](O[Si](C)(C)C(C)(C)C)C2O)(c2ccccc2)c2ccc(C)cc2)cc1.S=S=S=S=S=S=S=S=S=S=S=S. The van der Waals surface area contributed by atoms with Crippen LogP contribution in [-0.4, -0.2) is 70.9 Å². The van der Waals surface area contributed by atoms with Gasteiger partial charge in [0.15, 0.2) is 31.5 Å². The van der Waals surface area contributed by atoms with Gasteiger partial charge < -0.3 is 29.1 Å². The van der Waals surface area contributed by atoms with Crippen molar-refractivity contribution in [2.24, 2.45) is 0 Å². The third kappa shape index (κ3) is 13.9. The molecule has 1 aliphatic rings. The minimum absolute atomic E-state index is 0.00380. The minimum Gasteiger partial charge on any atom is -0.497 e. The van der Waals surface area contributed by atoms with Gasteiger partial charge in [-0.25, -0.2) is 15.0 Å². The normalized spacial score (nSPS) is 17.5. The Labute approximate surface area is 436 Å². The molecule has 11 nitrogen and oxygen atoms in total. The molecular weight excluding hydrogens is 1110 g/mol. The van der Waals surface area contributed by atoms with Crippen LogP contribution in [0, 0.1) is 6.92 Å². The lowest BCUT2D eigenvalue weighted by Crippen LogP contribution is -2.49. The summed E-state index contributed by atoms with van der Waals surface area (Å²) >= 11 is 9.38. The van der Waals surface area contributed by atoms with Gasteiger partial charge in [0, 0.05) is 117 Å². The Morgan fingerprint density at radius 1 is 0.779 bits per heavy atom. The van der Waals surface area contributed by atoms with Gasteiger partial charge in [-0.3, -0.25) is 9.36 Å². The number of ether oxygens (including phenoxy) is 3. The van der Waals surface area contributed by atoms with E-state index in [1.807, 2.05) is 60.7 Å². The molecule has 0 bridgehead atoms. The number of aryl methyl sites for hydroxylation is 1. The van der Waals surface area contributed by atoms with E-state index in [0.717, 1.165) is 28.0 Å². The van der Waals surface area contributed by atoms with Gasteiger partial charge in [0.1, 0.15) is 36.0 Å². The molecule has 1 amide bonds. The Morgan fingerprint density at radius 3 is 1.88 bits per heavy atom. The zero-order chi connectivity index (χ0) is 48.7. The van der Waals surface area contributed by atoms with Gasteiger partial charge in [0.05, 0.1) is 20.0 Å². The largest absolute Gasteiger partial charge is 0.497 e. The highest BCUT2D eigenvalue weighted by Crippen LogP contribution is 2.45. The molecule has 0 saturated carbocycles. The molecular formula is C44H49N5O6S12Si. The number of imidazole rings is 1. The van der Waals surface area contributed by atoms with Crippen LogP contribution in [0.2, 0.25) is 18.1 Å². The summed E-state index contributed by atoms with van der Waals surface area (Å²) in [6.07, 6.45) is -0.576. The van der Waals surface area contributed by atoms with Crippen molar-refractivity contribution in [3.63, 3.8) is 0 Å². The maximum absolute atomic E-state index is 13.1. The number of nitrogens with zero attached hydrogens (tertiary/aromatic N) is 4. The number of fused-ring (bicyclic) bond motifs is 1. The number of carbonyl (C=O) groups excluding carboxylic acids is 1. The number of hydrogen-bond donors (Lipinski definition) is 2. The van der Waals surface area contributed by atoms with Crippen LogP contribution in [0.15, 0.2) is 122 Å². The summed E-state index contributed by atoms with van der Waals surface area (Å²) < 4.78 is 28.3. The first kappa shape index (κ1) is 54.7. The van der Waals surface area contributed by atoms with E-state index < -0.39 is 38.5 Å². The van der Waals surface area contributed by atoms with Crippen LogP contribution in [0.25, 0.3) is 11.2 Å². The Bertz CT molecular complexity index is 3090. The number of carbonyl (C=O) groups is 1. The van der Waals surface area contributed by atoms with Gasteiger partial charge in [-0.1, -0.05) is 111 Å². The van der Waals surface area contributed by atoms with Crippen molar-refractivity contribution in [3.05, 3.63) is 150 Å². The monoisotopic (exact) mass is 1160 g/mol. The molecule has 362 valence electrons. The minimum atomic E-state index is -2.48. The van der Waals surface area contributed by atoms with Crippen LogP contribution < -0.4 is 10.1 Å². The maximum Gasteiger partial charge on any atom is 0.256 e. The first-order valence-electron chi connectivity index (χ1n) is 20.6. The number of aromatic nitrogens is 4. The number of hydrogen-bond acceptors (Lipinski definition) is 11. The second kappa shape index (κ2) is 26.2. The van der Waals surface area contributed by atoms with Crippen LogP contribution in [-0.2, 0) is 131 Å². The summed E-state index contributed by atoms with van der Waals surface area (Å²) in [4.78, 5) is 26.7. The Kier molecular flexibility index (Phi) is 21.1. The molecule has 1 aliphatic heterocycles. The van der Waals surface area contributed by atoms with E-state index in [4.69, 9.17) is 18.6 Å². The van der Waals surface area contributed by atoms with Crippen LogP contribution in [0.5, 0.6) is 5.75 Å². The van der Waals surface area contributed by atoms with Crippen LogP contribution >= 0.6 is 0 Å². The van der Waals surface area contributed by atoms with Crippen molar-refractivity contribution in [1.82, 2.24) is 19.5 Å². The fourth-order valence-corrected chi connectivity index (χ4v) is 30.2. The number of nitrogens with one attached hydrogen (secondary N) is 1. The highest BCUT2D eigenvalue weighted by Gasteiger charge is 2.52. The first-order chi connectivity index (χ1) is 32.7. The van der Waals surface area contributed by atoms with E-state index in [-0.39, 0.29) is 23.4 Å². The van der Waals surface area contributed by atoms with Crippen molar-refractivity contribution >= 4 is 142 Å². The van der Waals surface area contributed by atoms with E-state index in [1.54, 1.807) is 113 Å². The topological polar surface area (TPSA) is 130 Å². The van der Waals surface area contributed by atoms with Gasteiger partial charge >= 0.3 is 0 Å².